The molecule has 25 heavy (non-hydrogen) atoms. The molecule has 1 N–H and O–H groups in total. The minimum atomic E-state index is 0. The maximum absolute atomic E-state index is 12.2. The number of nitrogens with one attached hydrogen (secondary N) is 1. The minimum absolute atomic E-state index is 0. The van der Waals surface area contributed by atoms with Crippen molar-refractivity contribution in [2.24, 2.45) is 12.0 Å². The Morgan fingerprint density at radius 2 is 1.88 bits per heavy atom. The van der Waals surface area contributed by atoms with Gasteiger partial charge >= 0.3 is 0 Å². The molecule has 2 aromatic rings. The molecular weight excluding hydrogens is 354 g/mol. The molecule has 0 spiro atoms. The van der Waals surface area contributed by atoms with Crippen molar-refractivity contribution in [2.45, 2.75) is 51.0 Å². The van der Waals surface area contributed by atoms with Gasteiger partial charge in [-0.25, -0.2) is 0 Å². The summed E-state index contributed by atoms with van der Waals surface area (Å²) in [5.74, 6) is 0.00983. The van der Waals surface area contributed by atoms with Crippen molar-refractivity contribution in [3.8, 4) is 0 Å². The van der Waals surface area contributed by atoms with E-state index in [-0.39, 0.29) is 18.3 Å². The number of carbonyl (C=O) groups excluding carboxylic acids is 1. The number of halogens is 1. The Hall–Kier alpha value is -1.59. The molecule has 6 heteroatoms. The molecular formula is C19H26ClN3OS. The van der Waals surface area contributed by atoms with Crippen LogP contribution < -0.4 is 10.1 Å². The minimum Gasteiger partial charge on any atom is -0.326 e. The summed E-state index contributed by atoms with van der Waals surface area (Å²) in [6.07, 6.45) is 8.03. The van der Waals surface area contributed by atoms with Gasteiger partial charge in [-0.05, 0) is 25.0 Å². The van der Waals surface area contributed by atoms with Crippen LogP contribution >= 0.6 is 23.7 Å². The van der Waals surface area contributed by atoms with Crippen molar-refractivity contribution in [3.05, 3.63) is 46.2 Å². The highest BCUT2D eigenvalue weighted by Crippen LogP contribution is 2.19. The van der Waals surface area contributed by atoms with Crippen LogP contribution in [0.5, 0.6) is 0 Å². The number of para-hydroxylation sites is 1. The number of aromatic nitrogens is 1. The van der Waals surface area contributed by atoms with Crippen molar-refractivity contribution in [1.29, 1.82) is 0 Å². The quantitative estimate of drug-likeness (QED) is 0.790. The lowest BCUT2D eigenvalue weighted by molar-refractivity contribution is -0.115. The van der Waals surface area contributed by atoms with E-state index < -0.39 is 0 Å². The third kappa shape index (κ3) is 5.72. The van der Waals surface area contributed by atoms with Gasteiger partial charge in [-0.1, -0.05) is 43.9 Å². The maximum atomic E-state index is 12.2. The molecule has 0 saturated heterocycles. The number of anilines is 1. The molecule has 0 unspecified atom stereocenters. The summed E-state index contributed by atoms with van der Waals surface area (Å²) in [5, 5.41) is 4.99. The summed E-state index contributed by atoms with van der Waals surface area (Å²) in [7, 11) is 2.01. The molecule has 3 rings (SSSR count). The van der Waals surface area contributed by atoms with E-state index in [0.29, 0.717) is 12.5 Å². The van der Waals surface area contributed by atoms with Crippen LogP contribution in [0.25, 0.3) is 0 Å². The summed E-state index contributed by atoms with van der Waals surface area (Å²) in [6, 6.07) is 10.0. The van der Waals surface area contributed by atoms with Gasteiger partial charge in [0.25, 0.3) is 0 Å². The Labute approximate surface area is 159 Å². The van der Waals surface area contributed by atoms with Crippen molar-refractivity contribution in [2.75, 3.05) is 5.32 Å². The van der Waals surface area contributed by atoms with Crippen LogP contribution in [0.15, 0.2) is 40.7 Å². The van der Waals surface area contributed by atoms with Crippen molar-refractivity contribution in [3.63, 3.8) is 0 Å². The molecule has 1 aromatic carbocycles. The summed E-state index contributed by atoms with van der Waals surface area (Å²) in [4.78, 5) is 18.2. The summed E-state index contributed by atoms with van der Waals surface area (Å²) < 4.78 is 2.07. The Balaban J connectivity index is 0.00000225. The largest absolute Gasteiger partial charge is 0.326 e. The molecule has 1 heterocycles. The average molecular weight is 380 g/mol. The highest BCUT2D eigenvalue weighted by atomic mass is 35.5. The van der Waals surface area contributed by atoms with Crippen molar-refractivity contribution >= 4 is 35.3 Å². The second kappa shape index (κ2) is 9.78. The van der Waals surface area contributed by atoms with E-state index in [1.807, 2.05) is 37.4 Å². The average Bonchev–Trinajstić information content (AvgIpc) is 2.79. The highest BCUT2D eigenvalue weighted by molar-refractivity contribution is 7.07. The van der Waals surface area contributed by atoms with Crippen LogP contribution in [0.1, 0.15) is 44.2 Å². The predicted octanol–water partition coefficient (Wildman–Crippen LogP) is 4.31. The van der Waals surface area contributed by atoms with Gasteiger partial charge in [0.05, 0.1) is 12.5 Å². The van der Waals surface area contributed by atoms with E-state index in [2.05, 4.69) is 15.3 Å². The fraction of sp³-hybridized carbons (Fsp3) is 0.474. The molecule has 1 fully saturated rings. The van der Waals surface area contributed by atoms with Gasteiger partial charge in [0.15, 0.2) is 4.80 Å². The van der Waals surface area contributed by atoms with Crippen LogP contribution in [-0.2, 0) is 18.3 Å². The third-order valence-electron chi connectivity index (χ3n) is 4.54. The van der Waals surface area contributed by atoms with Gasteiger partial charge in [0.1, 0.15) is 0 Å². The van der Waals surface area contributed by atoms with E-state index >= 15 is 0 Å². The number of thiazole rings is 1. The first-order chi connectivity index (χ1) is 11.7. The zero-order chi connectivity index (χ0) is 16.8. The van der Waals surface area contributed by atoms with Crippen molar-refractivity contribution < 1.29 is 4.79 Å². The number of benzene rings is 1. The fourth-order valence-corrected chi connectivity index (χ4v) is 4.08. The zero-order valence-electron chi connectivity index (χ0n) is 14.6. The molecule has 1 amide bonds. The van der Waals surface area contributed by atoms with Gasteiger partial charge in [-0.3, -0.25) is 9.79 Å². The maximum Gasteiger partial charge on any atom is 0.230 e. The van der Waals surface area contributed by atoms with E-state index in [4.69, 9.17) is 4.99 Å². The monoisotopic (exact) mass is 379 g/mol. The lowest BCUT2D eigenvalue weighted by atomic mass is 10.1. The fourth-order valence-electron chi connectivity index (χ4n) is 3.11. The van der Waals surface area contributed by atoms with Crippen LogP contribution in [0.4, 0.5) is 5.69 Å². The number of carbonyl (C=O) groups is 1. The Morgan fingerprint density at radius 1 is 1.20 bits per heavy atom. The van der Waals surface area contributed by atoms with Gasteiger partial charge in [-0.15, -0.1) is 23.7 Å². The number of hydrogen-bond donors (Lipinski definition) is 1. The molecule has 0 radical (unpaired) electrons. The summed E-state index contributed by atoms with van der Waals surface area (Å²) in [5.41, 5.74) is 1.85. The number of rotatable bonds is 4. The first-order valence-electron chi connectivity index (χ1n) is 8.74. The smallest absolute Gasteiger partial charge is 0.230 e. The van der Waals surface area contributed by atoms with Crippen LogP contribution in [0.2, 0.25) is 0 Å². The predicted molar refractivity (Wildman–Crippen MR) is 106 cm³/mol. The van der Waals surface area contributed by atoms with E-state index in [9.17, 15) is 4.79 Å². The second-order valence-corrected chi connectivity index (χ2v) is 7.27. The zero-order valence-corrected chi connectivity index (χ0v) is 16.2. The number of amides is 1. The van der Waals surface area contributed by atoms with E-state index in [1.165, 1.54) is 38.5 Å². The summed E-state index contributed by atoms with van der Waals surface area (Å²) in [6.45, 7) is 0. The second-order valence-electron chi connectivity index (χ2n) is 6.43. The molecule has 1 saturated carbocycles. The van der Waals surface area contributed by atoms with Crippen LogP contribution in [0, 0.1) is 0 Å². The van der Waals surface area contributed by atoms with Gasteiger partial charge in [-0.2, -0.15) is 0 Å². The Morgan fingerprint density at radius 3 is 2.56 bits per heavy atom. The van der Waals surface area contributed by atoms with Gasteiger partial charge in [0.2, 0.25) is 5.91 Å². The molecule has 0 atom stereocenters. The lowest BCUT2D eigenvalue weighted by Gasteiger charge is -2.08. The SMILES string of the molecule is Cl.Cn1c(CC(=O)Nc2ccccc2)csc1=NC1CCCCCC1. The topological polar surface area (TPSA) is 46.4 Å². The lowest BCUT2D eigenvalue weighted by Crippen LogP contribution is -2.21. The van der Waals surface area contributed by atoms with Gasteiger partial charge in [0, 0.05) is 23.8 Å². The van der Waals surface area contributed by atoms with E-state index in [0.717, 1.165) is 16.2 Å². The Bertz CT molecular complexity index is 731. The molecule has 4 nitrogen and oxygen atoms in total. The van der Waals surface area contributed by atoms with Crippen molar-refractivity contribution in [1.82, 2.24) is 4.57 Å². The van der Waals surface area contributed by atoms with E-state index in [1.54, 1.807) is 11.3 Å². The Kier molecular flexibility index (Phi) is 7.72. The molecule has 0 aliphatic heterocycles. The normalized spacial score (nSPS) is 16.1. The summed E-state index contributed by atoms with van der Waals surface area (Å²) >= 11 is 1.64. The number of hydrogen-bond acceptors (Lipinski definition) is 3. The first kappa shape index (κ1) is 19.7. The van der Waals surface area contributed by atoms with Crippen LogP contribution in [0.3, 0.4) is 0 Å². The standard InChI is InChI=1S/C19H25N3OS.ClH/c1-22-17(13-18(23)20-15-9-7-4-8-10-15)14-24-19(22)21-16-11-5-2-3-6-12-16;/h4,7-10,14,16H,2-3,5-6,11-13H2,1H3,(H,20,23);1H. The molecule has 1 aliphatic carbocycles. The number of nitrogens with zero attached hydrogens (tertiary/aromatic N) is 2. The van der Waals surface area contributed by atoms with Gasteiger partial charge < -0.3 is 9.88 Å². The molecule has 136 valence electrons. The van der Waals surface area contributed by atoms with Crippen LogP contribution in [-0.4, -0.2) is 16.5 Å². The third-order valence-corrected chi connectivity index (χ3v) is 5.52. The molecule has 1 aromatic heterocycles. The molecule has 0 bridgehead atoms. The first-order valence-corrected chi connectivity index (χ1v) is 9.62. The molecule has 1 aliphatic rings. The highest BCUT2D eigenvalue weighted by Gasteiger charge is 2.12.